The second-order valence-corrected chi connectivity index (χ2v) is 2.96. The summed E-state index contributed by atoms with van der Waals surface area (Å²) in [6.45, 7) is 1.32. The van der Waals surface area contributed by atoms with E-state index in [2.05, 4.69) is 6.07 Å². The van der Waals surface area contributed by atoms with Gasteiger partial charge in [-0.1, -0.05) is 17.7 Å². The lowest BCUT2D eigenvalue weighted by atomic mass is 10.3. The van der Waals surface area contributed by atoms with Gasteiger partial charge in [0.1, 0.15) is 5.75 Å². The highest BCUT2D eigenvalue weighted by Gasteiger charge is 1.98. The summed E-state index contributed by atoms with van der Waals surface area (Å²) in [5.41, 5.74) is 0. The number of hydrogen-bond acceptors (Lipinski definition) is 2. The van der Waals surface area contributed by atoms with Gasteiger partial charge in [-0.15, -0.1) is 0 Å². The van der Waals surface area contributed by atoms with Crippen molar-refractivity contribution in [3.63, 3.8) is 0 Å². The molecule has 2 nitrogen and oxygen atoms in total. The monoisotopic (exact) mass is 199 g/mol. The molecule has 71 valence electrons. The molecule has 1 aromatic carbocycles. The van der Waals surface area contributed by atoms with Gasteiger partial charge in [-0.25, -0.2) is 0 Å². The Kier molecular flexibility index (Phi) is 4.65. The van der Waals surface area contributed by atoms with Crippen LogP contribution in [0.15, 0.2) is 18.2 Å². The van der Waals surface area contributed by atoms with Crippen LogP contribution in [0, 0.1) is 6.07 Å². The molecule has 13 heavy (non-hydrogen) atoms. The molecule has 0 spiro atoms. The molecule has 1 rings (SSSR count). The Hall–Kier alpha value is -0.730. The third-order valence-electron chi connectivity index (χ3n) is 1.53. The van der Waals surface area contributed by atoms with Gasteiger partial charge >= 0.3 is 0 Å². The molecule has 0 aliphatic carbocycles. The normalized spacial score (nSPS) is 10.0. The van der Waals surface area contributed by atoms with Gasteiger partial charge in [0.25, 0.3) is 0 Å². The largest absolute Gasteiger partial charge is 0.492 e. The van der Waals surface area contributed by atoms with Crippen LogP contribution in [-0.4, -0.2) is 20.3 Å². The number of hydrogen-bond donors (Lipinski definition) is 0. The zero-order chi connectivity index (χ0) is 9.52. The van der Waals surface area contributed by atoms with Gasteiger partial charge in [0.2, 0.25) is 0 Å². The van der Waals surface area contributed by atoms with E-state index >= 15 is 0 Å². The van der Waals surface area contributed by atoms with Crippen molar-refractivity contribution >= 4 is 11.6 Å². The van der Waals surface area contributed by atoms with Crippen molar-refractivity contribution in [1.29, 1.82) is 0 Å². The van der Waals surface area contributed by atoms with E-state index in [0.29, 0.717) is 24.0 Å². The van der Waals surface area contributed by atoms with Crippen LogP contribution in [0.2, 0.25) is 5.02 Å². The number of ether oxygens (including phenoxy) is 2. The molecule has 0 unspecified atom stereocenters. The van der Waals surface area contributed by atoms with Crippen molar-refractivity contribution in [2.75, 3.05) is 20.3 Å². The predicted octanol–water partition coefficient (Wildman–Crippen LogP) is 2.56. The van der Waals surface area contributed by atoms with Crippen LogP contribution in [0.4, 0.5) is 0 Å². The smallest absolute Gasteiger partial charge is 0.138 e. The molecule has 0 saturated heterocycles. The molecule has 0 atom stereocenters. The van der Waals surface area contributed by atoms with Crippen LogP contribution < -0.4 is 4.74 Å². The minimum Gasteiger partial charge on any atom is -0.492 e. The first kappa shape index (κ1) is 10.4. The second-order valence-electron chi connectivity index (χ2n) is 2.55. The standard InChI is InChI=1S/C10H12ClO2/c1-12-7-4-8-13-10-6-3-2-5-9(10)11/h2,5-6H,4,7-8H2,1H3. The second kappa shape index (κ2) is 5.84. The number of rotatable bonds is 5. The van der Waals surface area contributed by atoms with Crippen LogP contribution >= 0.6 is 11.6 Å². The third-order valence-corrected chi connectivity index (χ3v) is 1.84. The van der Waals surface area contributed by atoms with E-state index in [1.807, 2.05) is 0 Å². The van der Waals surface area contributed by atoms with E-state index in [-0.39, 0.29) is 0 Å². The van der Waals surface area contributed by atoms with E-state index < -0.39 is 0 Å². The van der Waals surface area contributed by atoms with Crippen LogP contribution in [0.3, 0.4) is 0 Å². The van der Waals surface area contributed by atoms with Crippen LogP contribution in [-0.2, 0) is 4.74 Å². The first-order valence-electron chi connectivity index (χ1n) is 4.12. The number of benzene rings is 1. The lowest BCUT2D eigenvalue weighted by molar-refractivity contribution is 0.172. The maximum atomic E-state index is 5.86. The van der Waals surface area contributed by atoms with Gasteiger partial charge in [0, 0.05) is 20.1 Å². The Morgan fingerprint density at radius 1 is 1.46 bits per heavy atom. The average Bonchev–Trinajstić information content (AvgIpc) is 2.15. The molecule has 0 aliphatic rings. The zero-order valence-corrected chi connectivity index (χ0v) is 8.30. The number of halogens is 1. The SMILES string of the molecule is COCCCOc1c[c]ccc1Cl. The molecule has 0 aliphatic heterocycles. The average molecular weight is 200 g/mol. The fourth-order valence-corrected chi connectivity index (χ4v) is 1.06. The topological polar surface area (TPSA) is 18.5 Å². The van der Waals surface area contributed by atoms with Gasteiger partial charge < -0.3 is 9.47 Å². The Labute approximate surface area is 83.4 Å². The van der Waals surface area contributed by atoms with Crippen molar-refractivity contribution in [3.8, 4) is 5.75 Å². The van der Waals surface area contributed by atoms with E-state index in [9.17, 15) is 0 Å². The maximum Gasteiger partial charge on any atom is 0.138 e. The molecule has 0 amide bonds. The number of methoxy groups -OCH3 is 1. The van der Waals surface area contributed by atoms with Crippen LogP contribution in [0.5, 0.6) is 5.75 Å². The van der Waals surface area contributed by atoms with Gasteiger partial charge in [0.05, 0.1) is 11.6 Å². The molecule has 1 aromatic rings. The Morgan fingerprint density at radius 2 is 2.31 bits per heavy atom. The maximum absolute atomic E-state index is 5.86. The quantitative estimate of drug-likeness (QED) is 0.679. The fraction of sp³-hybridized carbons (Fsp3) is 0.400. The summed E-state index contributed by atoms with van der Waals surface area (Å²) in [5.74, 6) is 0.681. The van der Waals surface area contributed by atoms with Gasteiger partial charge in [0.15, 0.2) is 0 Å². The summed E-state index contributed by atoms with van der Waals surface area (Å²) in [6, 6.07) is 8.14. The Morgan fingerprint density at radius 3 is 3.00 bits per heavy atom. The summed E-state index contributed by atoms with van der Waals surface area (Å²) in [6.07, 6.45) is 0.863. The summed E-state index contributed by atoms with van der Waals surface area (Å²) in [7, 11) is 1.67. The molecule has 0 saturated carbocycles. The molecule has 0 fully saturated rings. The van der Waals surface area contributed by atoms with Crippen molar-refractivity contribution in [3.05, 3.63) is 29.3 Å². The van der Waals surface area contributed by atoms with Gasteiger partial charge in [-0.05, 0) is 18.2 Å². The summed E-state index contributed by atoms with van der Waals surface area (Å²) >= 11 is 5.86. The fourth-order valence-electron chi connectivity index (χ4n) is 0.892. The Balaban J connectivity index is 2.32. The molecule has 0 aromatic heterocycles. The predicted molar refractivity (Wildman–Crippen MR) is 52.3 cm³/mol. The molecular formula is C10H12ClO2. The zero-order valence-electron chi connectivity index (χ0n) is 7.55. The van der Waals surface area contributed by atoms with E-state index in [0.717, 1.165) is 6.42 Å². The molecule has 0 bridgehead atoms. The van der Waals surface area contributed by atoms with Crippen LogP contribution in [0.25, 0.3) is 0 Å². The first-order chi connectivity index (χ1) is 6.34. The third kappa shape index (κ3) is 3.66. The highest BCUT2D eigenvalue weighted by molar-refractivity contribution is 6.32. The van der Waals surface area contributed by atoms with Crippen molar-refractivity contribution in [2.24, 2.45) is 0 Å². The summed E-state index contributed by atoms with van der Waals surface area (Å²) in [5, 5.41) is 0.621. The summed E-state index contributed by atoms with van der Waals surface area (Å²) < 4.78 is 10.3. The highest BCUT2D eigenvalue weighted by atomic mass is 35.5. The molecule has 0 N–H and O–H groups in total. The van der Waals surface area contributed by atoms with Crippen molar-refractivity contribution < 1.29 is 9.47 Å². The van der Waals surface area contributed by atoms with E-state index in [4.69, 9.17) is 21.1 Å². The first-order valence-corrected chi connectivity index (χ1v) is 4.49. The minimum atomic E-state index is 0.616. The summed E-state index contributed by atoms with van der Waals surface area (Å²) in [4.78, 5) is 0. The van der Waals surface area contributed by atoms with Gasteiger partial charge in [-0.2, -0.15) is 0 Å². The lowest BCUT2D eigenvalue weighted by Gasteiger charge is -2.06. The van der Waals surface area contributed by atoms with Crippen molar-refractivity contribution in [1.82, 2.24) is 0 Å². The molecular weight excluding hydrogens is 188 g/mol. The van der Waals surface area contributed by atoms with Gasteiger partial charge in [-0.3, -0.25) is 0 Å². The Bertz CT molecular complexity index is 250. The molecule has 0 heterocycles. The lowest BCUT2D eigenvalue weighted by Crippen LogP contribution is -2.01. The van der Waals surface area contributed by atoms with Crippen LogP contribution in [0.1, 0.15) is 6.42 Å². The van der Waals surface area contributed by atoms with E-state index in [1.54, 1.807) is 25.3 Å². The van der Waals surface area contributed by atoms with E-state index in [1.165, 1.54) is 0 Å². The minimum absolute atomic E-state index is 0.616. The molecule has 1 radical (unpaired) electrons. The van der Waals surface area contributed by atoms with Crippen molar-refractivity contribution in [2.45, 2.75) is 6.42 Å². The highest BCUT2D eigenvalue weighted by Crippen LogP contribution is 2.22. The molecule has 3 heteroatoms.